The summed E-state index contributed by atoms with van der Waals surface area (Å²) in [6, 6.07) is 19.7. The number of rotatable bonds is 8. The molecule has 0 aliphatic carbocycles. The molecule has 1 aliphatic heterocycles. The molecule has 0 radical (unpaired) electrons. The molecule has 3 rings (SSSR count). The highest BCUT2D eigenvalue weighted by Crippen LogP contribution is 2.32. The van der Waals surface area contributed by atoms with Crippen molar-refractivity contribution < 1.29 is 24.2 Å². The third kappa shape index (κ3) is 4.92. The molecule has 1 unspecified atom stereocenters. The van der Waals surface area contributed by atoms with Crippen LogP contribution in [0.25, 0.3) is 0 Å². The first-order valence-corrected chi connectivity index (χ1v) is 8.74. The van der Waals surface area contributed by atoms with Gasteiger partial charge >= 0.3 is 11.9 Å². The molecule has 0 amide bonds. The summed E-state index contributed by atoms with van der Waals surface area (Å²) >= 11 is 0. The highest BCUT2D eigenvalue weighted by atomic mass is 16.6. The molecule has 1 saturated heterocycles. The standard InChI is InChI=1S/C21H22O5/c22-20(23)12-17-11-18(26-21(17)24)13-19(16-9-5-2-6-10-16)25-14-15-7-3-1-4-8-15/h1-10,17-19H,11-14H2,(H,22,23)/t17?,18-,19-/m0/s1. The van der Waals surface area contributed by atoms with E-state index in [1.807, 2.05) is 60.7 Å². The van der Waals surface area contributed by atoms with E-state index in [1.165, 1.54) is 0 Å². The number of carboxylic acid groups (broad SMARTS) is 1. The minimum atomic E-state index is -0.979. The van der Waals surface area contributed by atoms with E-state index in [0.29, 0.717) is 19.4 Å². The zero-order valence-corrected chi connectivity index (χ0v) is 14.4. The van der Waals surface area contributed by atoms with Gasteiger partial charge in [0.2, 0.25) is 0 Å². The van der Waals surface area contributed by atoms with E-state index in [1.54, 1.807) is 0 Å². The topological polar surface area (TPSA) is 72.8 Å². The Labute approximate surface area is 152 Å². The Morgan fingerprint density at radius 3 is 2.42 bits per heavy atom. The largest absolute Gasteiger partial charge is 0.481 e. The molecule has 1 fully saturated rings. The van der Waals surface area contributed by atoms with E-state index in [2.05, 4.69) is 0 Å². The summed E-state index contributed by atoms with van der Waals surface area (Å²) in [5, 5.41) is 8.92. The second-order valence-electron chi connectivity index (χ2n) is 6.52. The van der Waals surface area contributed by atoms with Crippen LogP contribution in [-0.2, 0) is 25.7 Å². The lowest BCUT2D eigenvalue weighted by Crippen LogP contribution is -2.15. The first-order chi connectivity index (χ1) is 12.6. The monoisotopic (exact) mass is 354 g/mol. The number of benzene rings is 2. The Morgan fingerprint density at radius 2 is 1.77 bits per heavy atom. The van der Waals surface area contributed by atoms with Crippen molar-refractivity contribution in [2.45, 2.75) is 38.1 Å². The SMILES string of the molecule is O=C(O)CC1C[C@@H](C[C@H](OCc2ccccc2)c2ccccc2)OC1=O. The molecule has 5 nitrogen and oxygen atoms in total. The van der Waals surface area contributed by atoms with Crippen molar-refractivity contribution in [3.63, 3.8) is 0 Å². The first kappa shape index (κ1) is 18.1. The average molecular weight is 354 g/mol. The van der Waals surface area contributed by atoms with Crippen molar-refractivity contribution in [2.75, 3.05) is 0 Å². The second-order valence-corrected chi connectivity index (χ2v) is 6.52. The van der Waals surface area contributed by atoms with Crippen molar-refractivity contribution in [1.29, 1.82) is 0 Å². The quantitative estimate of drug-likeness (QED) is 0.731. The molecular weight excluding hydrogens is 332 g/mol. The van der Waals surface area contributed by atoms with Crippen LogP contribution in [-0.4, -0.2) is 23.1 Å². The number of carbonyl (C=O) groups excluding carboxylic acids is 1. The van der Waals surface area contributed by atoms with Gasteiger partial charge in [0.05, 0.1) is 25.0 Å². The van der Waals surface area contributed by atoms with Crippen LogP contribution in [0.3, 0.4) is 0 Å². The smallest absolute Gasteiger partial charge is 0.309 e. The molecule has 1 heterocycles. The fourth-order valence-corrected chi connectivity index (χ4v) is 3.22. The van der Waals surface area contributed by atoms with Crippen molar-refractivity contribution >= 4 is 11.9 Å². The predicted molar refractivity (Wildman–Crippen MR) is 95.3 cm³/mol. The third-order valence-corrected chi connectivity index (χ3v) is 4.53. The van der Waals surface area contributed by atoms with E-state index in [4.69, 9.17) is 14.6 Å². The molecule has 0 aromatic heterocycles. The van der Waals surface area contributed by atoms with Gasteiger partial charge in [0, 0.05) is 6.42 Å². The molecule has 1 N–H and O–H groups in total. The van der Waals surface area contributed by atoms with Crippen molar-refractivity contribution in [1.82, 2.24) is 0 Å². The van der Waals surface area contributed by atoms with Crippen molar-refractivity contribution in [3.8, 4) is 0 Å². The van der Waals surface area contributed by atoms with Crippen LogP contribution >= 0.6 is 0 Å². The lowest BCUT2D eigenvalue weighted by atomic mass is 9.96. The maximum Gasteiger partial charge on any atom is 0.309 e. The number of carboxylic acids is 1. The fourth-order valence-electron chi connectivity index (χ4n) is 3.22. The molecule has 2 aromatic carbocycles. The number of cyclic esters (lactones) is 1. The zero-order valence-electron chi connectivity index (χ0n) is 14.4. The van der Waals surface area contributed by atoms with Gasteiger partial charge < -0.3 is 14.6 Å². The summed E-state index contributed by atoms with van der Waals surface area (Å²) in [7, 11) is 0. The molecule has 0 bridgehead atoms. The van der Waals surface area contributed by atoms with Crippen LogP contribution in [0.2, 0.25) is 0 Å². The lowest BCUT2D eigenvalue weighted by molar-refractivity contribution is -0.149. The van der Waals surface area contributed by atoms with Gasteiger partial charge in [-0.3, -0.25) is 9.59 Å². The molecule has 1 aliphatic rings. The Hall–Kier alpha value is -2.66. The number of aliphatic carboxylic acids is 1. The van der Waals surface area contributed by atoms with Crippen LogP contribution in [0, 0.1) is 5.92 Å². The summed E-state index contributed by atoms with van der Waals surface area (Å²) < 4.78 is 11.5. The average Bonchev–Trinajstić information content (AvgIpc) is 2.98. The molecule has 2 aromatic rings. The van der Waals surface area contributed by atoms with Gasteiger partial charge in [0.1, 0.15) is 6.10 Å². The first-order valence-electron chi connectivity index (χ1n) is 8.74. The van der Waals surface area contributed by atoms with Gasteiger partial charge in [-0.05, 0) is 17.5 Å². The summed E-state index contributed by atoms with van der Waals surface area (Å²) in [4.78, 5) is 22.8. The number of hydrogen-bond donors (Lipinski definition) is 1. The van der Waals surface area contributed by atoms with Gasteiger partial charge in [0.15, 0.2) is 0 Å². The van der Waals surface area contributed by atoms with Crippen LogP contribution in [0.5, 0.6) is 0 Å². The number of esters is 1. The van der Waals surface area contributed by atoms with Gasteiger partial charge in [0.25, 0.3) is 0 Å². The van der Waals surface area contributed by atoms with E-state index in [9.17, 15) is 9.59 Å². The Morgan fingerprint density at radius 1 is 1.12 bits per heavy atom. The normalized spacial score (nSPS) is 20.5. The molecule has 136 valence electrons. The summed E-state index contributed by atoms with van der Waals surface area (Å²) in [6.45, 7) is 0.458. The van der Waals surface area contributed by atoms with Gasteiger partial charge in [-0.25, -0.2) is 0 Å². The van der Waals surface area contributed by atoms with Gasteiger partial charge in [-0.2, -0.15) is 0 Å². The molecule has 5 heteroatoms. The Balaban J connectivity index is 1.66. The molecule has 26 heavy (non-hydrogen) atoms. The van der Waals surface area contributed by atoms with E-state index in [-0.39, 0.29) is 18.6 Å². The van der Waals surface area contributed by atoms with E-state index >= 15 is 0 Å². The highest BCUT2D eigenvalue weighted by Gasteiger charge is 2.37. The van der Waals surface area contributed by atoms with E-state index < -0.39 is 17.9 Å². The second kappa shape index (κ2) is 8.63. The zero-order chi connectivity index (χ0) is 18.4. The lowest BCUT2D eigenvalue weighted by Gasteiger charge is -2.21. The number of hydrogen-bond acceptors (Lipinski definition) is 4. The number of carbonyl (C=O) groups is 2. The highest BCUT2D eigenvalue weighted by molar-refractivity contribution is 5.80. The minimum absolute atomic E-state index is 0.184. The summed E-state index contributed by atoms with van der Waals surface area (Å²) in [6.07, 6.45) is 0.198. The van der Waals surface area contributed by atoms with Crippen molar-refractivity contribution in [3.05, 3.63) is 71.8 Å². The maximum absolute atomic E-state index is 11.9. The van der Waals surface area contributed by atoms with Crippen LogP contribution in [0.1, 0.15) is 36.5 Å². The minimum Gasteiger partial charge on any atom is -0.481 e. The van der Waals surface area contributed by atoms with Crippen molar-refractivity contribution in [2.24, 2.45) is 5.92 Å². The molecule has 0 spiro atoms. The summed E-state index contributed by atoms with van der Waals surface area (Å²) in [5.41, 5.74) is 2.08. The summed E-state index contributed by atoms with van der Waals surface area (Å²) in [5.74, 6) is -1.97. The molecule has 3 atom stereocenters. The van der Waals surface area contributed by atoms with Gasteiger partial charge in [-0.15, -0.1) is 0 Å². The van der Waals surface area contributed by atoms with Gasteiger partial charge in [-0.1, -0.05) is 60.7 Å². The van der Waals surface area contributed by atoms with E-state index in [0.717, 1.165) is 11.1 Å². The third-order valence-electron chi connectivity index (χ3n) is 4.53. The molecule has 0 saturated carbocycles. The fraction of sp³-hybridized carbons (Fsp3) is 0.333. The molecular formula is C21H22O5. The Kier molecular flexibility index (Phi) is 6.02. The van der Waals surface area contributed by atoms with Crippen LogP contribution in [0.15, 0.2) is 60.7 Å². The number of ether oxygens (including phenoxy) is 2. The maximum atomic E-state index is 11.9. The van der Waals surface area contributed by atoms with Crippen LogP contribution in [0.4, 0.5) is 0 Å². The Bertz CT molecular complexity index is 729. The van der Waals surface area contributed by atoms with Crippen LogP contribution < -0.4 is 0 Å². The predicted octanol–water partition coefficient (Wildman–Crippen LogP) is 3.74.